The van der Waals surface area contributed by atoms with Crippen molar-refractivity contribution in [2.24, 2.45) is 52.8 Å². The Morgan fingerprint density at radius 3 is 2.35 bits per heavy atom. The first kappa shape index (κ1) is 26.9. The number of nitrogens with two attached hydrogens (primary N) is 2. The fraction of sp³-hybridized carbons (Fsp3) is 0.788. The third kappa shape index (κ3) is 5.41. The van der Waals surface area contributed by atoms with Crippen LogP contribution in [0.4, 0.5) is 11.4 Å². The lowest BCUT2D eigenvalue weighted by molar-refractivity contribution is -0.112. The molecule has 0 amide bonds. The first-order valence-electron chi connectivity index (χ1n) is 15.5. The second-order valence-corrected chi connectivity index (χ2v) is 14.2. The van der Waals surface area contributed by atoms with Gasteiger partial charge >= 0.3 is 5.97 Å². The van der Waals surface area contributed by atoms with Crippen LogP contribution in [-0.4, -0.2) is 12.1 Å². The van der Waals surface area contributed by atoms with E-state index in [1.54, 1.807) is 18.2 Å². The summed E-state index contributed by atoms with van der Waals surface area (Å²) >= 11 is 0. The number of carbonyl (C=O) groups excluding carboxylic acids is 1. The van der Waals surface area contributed by atoms with Crippen LogP contribution >= 0.6 is 0 Å². The van der Waals surface area contributed by atoms with Gasteiger partial charge in [0.25, 0.3) is 0 Å². The van der Waals surface area contributed by atoms with E-state index in [-0.39, 0.29) is 12.1 Å². The average molecular weight is 509 g/mol. The maximum Gasteiger partial charge on any atom is 0.338 e. The van der Waals surface area contributed by atoms with E-state index in [1.807, 2.05) is 0 Å². The van der Waals surface area contributed by atoms with Crippen LogP contribution in [0.3, 0.4) is 0 Å². The summed E-state index contributed by atoms with van der Waals surface area (Å²) in [5.74, 6) is 6.87. The van der Waals surface area contributed by atoms with E-state index in [1.165, 1.54) is 64.2 Å². The largest absolute Gasteiger partial charge is 0.459 e. The van der Waals surface area contributed by atoms with Crippen molar-refractivity contribution in [3.05, 3.63) is 23.8 Å². The molecule has 4 heteroatoms. The number of benzene rings is 1. The van der Waals surface area contributed by atoms with Crippen LogP contribution in [0.5, 0.6) is 0 Å². The number of nitrogen functional groups attached to an aromatic ring is 2. The number of anilines is 2. The van der Waals surface area contributed by atoms with Crippen molar-refractivity contribution < 1.29 is 9.53 Å². The quantitative estimate of drug-likeness (QED) is 0.288. The van der Waals surface area contributed by atoms with E-state index in [9.17, 15) is 4.79 Å². The Bertz CT molecular complexity index is 939. The molecule has 1 aromatic carbocycles. The lowest BCUT2D eigenvalue weighted by Crippen LogP contribution is -2.52. The Morgan fingerprint density at radius 2 is 1.62 bits per heavy atom. The van der Waals surface area contributed by atoms with Gasteiger partial charge in [0.05, 0.1) is 5.56 Å². The van der Waals surface area contributed by atoms with Crippen LogP contribution in [0.15, 0.2) is 18.2 Å². The Morgan fingerprint density at radius 1 is 0.919 bits per heavy atom. The minimum atomic E-state index is -0.277. The maximum atomic E-state index is 12.9. The lowest BCUT2D eigenvalue weighted by Gasteiger charge is -2.59. The molecule has 0 bridgehead atoms. The molecule has 4 N–H and O–H groups in total. The van der Waals surface area contributed by atoms with Gasteiger partial charge in [0.15, 0.2) is 0 Å². The minimum absolute atomic E-state index is 0.0173. The topological polar surface area (TPSA) is 78.3 Å². The monoisotopic (exact) mass is 508 g/mol. The smallest absolute Gasteiger partial charge is 0.338 e. The molecule has 4 nitrogen and oxygen atoms in total. The number of ether oxygens (including phenoxy) is 1. The Balaban J connectivity index is 1.19. The van der Waals surface area contributed by atoms with Crippen LogP contribution in [0, 0.1) is 52.8 Å². The van der Waals surface area contributed by atoms with Crippen molar-refractivity contribution in [1.29, 1.82) is 0 Å². The molecule has 4 fully saturated rings. The molecule has 1 aromatic rings. The number of esters is 1. The highest BCUT2D eigenvalue weighted by molar-refractivity contribution is 5.91. The molecular formula is C33H52N2O2. The van der Waals surface area contributed by atoms with Crippen LogP contribution in [0.1, 0.15) is 115 Å². The zero-order valence-corrected chi connectivity index (χ0v) is 23.9. The van der Waals surface area contributed by atoms with E-state index in [4.69, 9.17) is 16.2 Å². The van der Waals surface area contributed by atoms with Crippen molar-refractivity contribution in [2.45, 2.75) is 111 Å². The first-order valence-corrected chi connectivity index (χ1v) is 15.5. The normalized spacial score (nSPS) is 37.9. The van der Waals surface area contributed by atoms with Gasteiger partial charge in [0, 0.05) is 11.4 Å². The van der Waals surface area contributed by atoms with Crippen LogP contribution < -0.4 is 11.5 Å². The van der Waals surface area contributed by atoms with Gasteiger partial charge in [-0.3, -0.25) is 0 Å². The van der Waals surface area contributed by atoms with E-state index in [2.05, 4.69) is 27.7 Å². The molecule has 206 valence electrons. The van der Waals surface area contributed by atoms with Gasteiger partial charge in [-0.15, -0.1) is 0 Å². The fourth-order valence-corrected chi connectivity index (χ4v) is 9.81. The molecular weight excluding hydrogens is 456 g/mol. The van der Waals surface area contributed by atoms with Gasteiger partial charge in [-0.25, -0.2) is 4.79 Å². The Kier molecular flexibility index (Phi) is 7.85. The van der Waals surface area contributed by atoms with Crippen LogP contribution in [0.2, 0.25) is 0 Å². The van der Waals surface area contributed by atoms with E-state index < -0.39 is 0 Å². The number of rotatable bonds is 7. The number of hydrogen-bond acceptors (Lipinski definition) is 4. The molecule has 37 heavy (non-hydrogen) atoms. The van der Waals surface area contributed by atoms with Gasteiger partial charge in [-0.1, -0.05) is 47.0 Å². The van der Waals surface area contributed by atoms with Crippen molar-refractivity contribution >= 4 is 17.3 Å². The molecule has 5 rings (SSSR count). The molecule has 4 aliphatic rings. The summed E-state index contributed by atoms with van der Waals surface area (Å²) < 4.78 is 6.02. The molecule has 9 atom stereocenters. The number of fused-ring (bicyclic) bond motifs is 5. The highest BCUT2D eigenvalue weighted by Crippen LogP contribution is 2.64. The molecule has 0 spiro atoms. The maximum absolute atomic E-state index is 12.9. The molecule has 9 unspecified atom stereocenters. The number of hydrogen-bond donors (Lipinski definition) is 2. The summed E-state index contributed by atoms with van der Waals surface area (Å²) in [6.07, 6.45) is 16.0. The summed E-state index contributed by atoms with van der Waals surface area (Å²) in [7, 11) is 0. The van der Waals surface area contributed by atoms with Crippen molar-refractivity contribution in [3.8, 4) is 0 Å². The van der Waals surface area contributed by atoms with Crippen LogP contribution in [-0.2, 0) is 4.74 Å². The third-order valence-electron chi connectivity index (χ3n) is 11.7. The molecule has 4 aliphatic carbocycles. The van der Waals surface area contributed by atoms with Crippen molar-refractivity contribution in [2.75, 3.05) is 11.5 Å². The SMILES string of the molecule is CC(C)CCCC(C)C1CCC2C1CCC1C2CCC2CC(OC(=O)c3cc(N)cc(N)c3)CCC21C. The lowest BCUT2D eigenvalue weighted by atomic mass is 9.46. The minimum Gasteiger partial charge on any atom is -0.459 e. The molecule has 0 heterocycles. The highest BCUT2D eigenvalue weighted by Gasteiger charge is 2.57. The molecule has 0 aromatic heterocycles. The first-order chi connectivity index (χ1) is 17.7. The van der Waals surface area contributed by atoms with E-state index in [0.717, 1.165) is 54.3 Å². The molecule has 0 aliphatic heterocycles. The third-order valence-corrected chi connectivity index (χ3v) is 11.7. The van der Waals surface area contributed by atoms with Crippen molar-refractivity contribution in [1.82, 2.24) is 0 Å². The van der Waals surface area contributed by atoms with Gasteiger partial charge in [0.2, 0.25) is 0 Å². The second kappa shape index (κ2) is 10.8. The predicted octanol–water partition coefficient (Wildman–Crippen LogP) is 8.11. The standard InChI is InChI=1S/C33H52N2O2/c1-20(2)6-5-7-21(3)27-10-11-29-28(27)12-13-31-30(29)9-8-23-18-26(14-15-33(23,31)4)37-32(36)22-16-24(34)19-25(35)17-22/h16-17,19-21,23,26-31H,5-15,18,34-35H2,1-4H3. The Hall–Kier alpha value is -1.71. The number of carbonyl (C=O) groups is 1. The van der Waals surface area contributed by atoms with Crippen LogP contribution in [0.25, 0.3) is 0 Å². The van der Waals surface area contributed by atoms with Gasteiger partial charge in [-0.05, 0) is 129 Å². The summed E-state index contributed by atoms with van der Waals surface area (Å²) in [4.78, 5) is 12.9. The molecule has 4 saturated carbocycles. The summed E-state index contributed by atoms with van der Waals surface area (Å²) in [6.45, 7) is 9.90. The van der Waals surface area contributed by atoms with Gasteiger partial charge in [0.1, 0.15) is 6.10 Å². The van der Waals surface area contributed by atoms with E-state index >= 15 is 0 Å². The summed E-state index contributed by atoms with van der Waals surface area (Å²) in [5.41, 5.74) is 13.7. The second-order valence-electron chi connectivity index (χ2n) is 14.2. The predicted molar refractivity (Wildman–Crippen MR) is 153 cm³/mol. The average Bonchev–Trinajstić information content (AvgIpc) is 3.28. The highest BCUT2D eigenvalue weighted by atomic mass is 16.5. The summed E-state index contributed by atoms with van der Waals surface area (Å²) in [5, 5.41) is 0. The van der Waals surface area contributed by atoms with Crippen molar-refractivity contribution in [3.63, 3.8) is 0 Å². The Labute approximate surface area is 225 Å². The zero-order valence-electron chi connectivity index (χ0n) is 23.9. The van der Waals surface area contributed by atoms with Gasteiger partial charge < -0.3 is 16.2 Å². The zero-order chi connectivity index (χ0) is 26.3. The fourth-order valence-electron chi connectivity index (χ4n) is 9.81. The van der Waals surface area contributed by atoms with E-state index in [0.29, 0.717) is 28.3 Å². The molecule has 0 saturated heterocycles. The molecule has 0 radical (unpaired) electrons. The summed E-state index contributed by atoms with van der Waals surface area (Å²) in [6, 6.07) is 5.03. The van der Waals surface area contributed by atoms with Gasteiger partial charge in [-0.2, -0.15) is 0 Å².